The number of likely N-dealkylation sites (N-methyl/N-ethyl adjacent to an activating group) is 1. The molecular weight excluding hydrogens is 361 g/mol. The van der Waals surface area contributed by atoms with Gasteiger partial charge in [-0.2, -0.15) is 0 Å². The molecule has 0 aliphatic heterocycles. The fraction of sp³-hybridized carbons (Fsp3) is 0.353. The van der Waals surface area contributed by atoms with Gasteiger partial charge in [-0.15, -0.1) is 0 Å². The second kappa shape index (κ2) is 5.35. The van der Waals surface area contributed by atoms with Crippen molar-refractivity contribution in [3.63, 3.8) is 0 Å². The van der Waals surface area contributed by atoms with Crippen molar-refractivity contribution in [1.29, 1.82) is 0 Å². The van der Waals surface area contributed by atoms with Gasteiger partial charge in [0.25, 0.3) is 5.91 Å². The van der Waals surface area contributed by atoms with E-state index < -0.39 is 0 Å². The predicted octanol–water partition coefficient (Wildman–Crippen LogP) is 3.89. The van der Waals surface area contributed by atoms with Gasteiger partial charge in [0, 0.05) is 35.1 Å². The Kier molecular flexibility index (Phi) is 3.71. The monoisotopic (exact) mass is 379 g/mol. The number of carbonyl (C=O) groups excluding carboxylic acids is 1. The average Bonchev–Trinajstić information content (AvgIpc) is 2.48. The number of hydrogen-bond acceptors (Lipinski definition) is 1. The minimum atomic E-state index is 0.174. The molecule has 1 amide bonds. The largest absolute Gasteiger partial charge is 0.345 e. The molecular formula is C17H18INO. The highest BCUT2D eigenvalue weighted by Crippen LogP contribution is 2.50. The summed E-state index contributed by atoms with van der Waals surface area (Å²) in [5.74, 6) is 0.867. The van der Waals surface area contributed by atoms with E-state index >= 15 is 0 Å². The highest BCUT2D eigenvalue weighted by molar-refractivity contribution is 14.1. The molecule has 1 aromatic carbocycles. The lowest BCUT2D eigenvalue weighted by Crippen LogP contribution is -2.33. The Balaban J connectivity index is 2.00. The van der Waals surface area contributed by atoms with Crippen molar-refractivity contribution >= 4 is 34.1 Å². The number of fused-ring (bicyclic) bond motifs is 1. The van der Waals surface area contributed by atoms with Crippen molar-refractivity contribution in [3.8, 4) is 0 Å². The molecule has 0 heterocycles. The third-order valence-electron chi connectivity index (χ3n) is 4.20. The van der Waals surface area contributed by atoms with Gasteiger partial charge in [-0.05, 0) is 46.6 Å². The van der Waals surface area contributed by atoms with Gasteiger partial charge in [0.15, 0.2) is 0 Å². The fourth-order valence-corrected chi connectivity index (χ4v) is 4.48. The fourth-order valence-electron chi connectivity index (χ4n) is 3.20. The Hall–Kier alpha value is -1.10. The van der Waals surface area contributed by atoms with E-state index in [-0.39, 0.29) is 11.8 Å². The molecule has 0 saturated heterocycles. The summed E-state index contributed by atoms with van der Waals surface area (Å²) < 4.78 is 1.25. The Bertz CT molecular complexity index is 601. The normalized spacial score (nSPS) is 24.6. The lowest BCUT2D eigenvalue weighted by molar-refractivity contribution is -0.125. The lowest BCUT2D eigenvalue weighted by Gasteiger charge is -2.38. The summed E-state index contributed by atoms with van der Waals surface area (Å²) in [4.78, 5) is 14.1. The zero-order valence-corrected chi connectivity index (χ0v) is 13.9. The van der Waals surface area contributed by atoms with Crippen molar-refractivity contribution in [2.75, 3.05) is 14.1 Å². The highest BCUT2D eigenvalue weighted by Gasteiger charge is 2.38. The van der Waals surface area contributed by atoms with Crippen LogP contribution >= 0.6 is 22.6 Å². The molecule has 3 aliphatic carbocycles. The topological polar surface area (TPSA) is 20.3 Å². The summed E-state index contributed by atoms with van der Waals surface area (Å²) in [5, 5.41) is 0. The molecule has 1 aromatic rings. The second-order valence-electron chi connectivity index (χ2n) is 5.69. The molecule has 0 aromatic heterocycles. The highest BCUT2D eigenvalue weighted by atomic mass is 127. The van der Waals surface area contributed by atoms with E-state index in [1.165, 1.54) is 14.7 Å². The molecule has 2 unspecified atom stereocenters. The maximum Gasteiger partial charge on any atom is 0.250 e. The lowest BCUT2D eigenvalue weighted by atomic mass is 9.70. The number of benzene rings is 1. The van der Waals surface area contributed by atoms with Gasteiger partial charge >= 0.3 is 0 Å². The Morgan fingerprint density at radius 2 is 1.90 bits per heavy atom. The Morgan fingerprint density at radius 1 is 1.20 bits per heavy atom. The minimum absolute atomic E-state index is 0.174. The molecule has 0 fully saturated rings. The van der Waals surface area contributed by atoms with E-state index in [1.54, 1.807) is 4.90 Å². The zero-order valence-electron chi connectivity index (χ0n) is 11.8. The van der Waals surface area contributed by atoms with Gasteiger partial charge < -0.3 is 4.90 Å². The molecule has 0 saturated carbocycles. The van der Waals surface area contributed by atoms with Crippen LogP contribution in [0.25, 0.3) is 5.57 Å². The number of nitrogens with zero attached hydrogens (tertiary/aromatic N) is 1. The van der Waals surface area contributed by atoms with Gasteiger partial charge in [0.2, 0.25) is 0 Å². The Labute approximate surface area is 133 Å². The maximum absolute atomic E-state index is 12.4. The summed E-state index contributed by atoms with van der Waals surface area (Å²) in [6, 6.07) is 10.6. The van der Waals surface area contributed by atoms with Crippen LogP contribution in [0.3, 0.4) is 0 Å². The van der Waals surface area contributed by atoms with E-state index in [2.05, 4.69) is 52.9 Å². The molecule has 3 heteroatoms. The van der Waals surface area contributed by atoms with Crippen LogP contribution in [0.15, 0.2) is 45.6 Å². The van der Waals surface area contributed by atoms with E-state index in [9.17, 15) is 4.79 Å². The van der Waals surface area contributed by atoms with E-state index in [0.717, 1.165) is 18.4 Å². The first-order valence-electron chi connectivity index (χ1n) is 6.98. The van der Waals surface area contributed by atoms with E-state index in [4.69, 9.17) is 0 Å². The van der Waals surface area contributed by atoms with Crippen LogP contribution in [-0.4, -0.2) is 24.9 Å². The summed E-state index contributed by atoms with van der Waals surface area (Å²) in [6.07, 6.45) is 4.58. The van der Waals surface area contributed by atoms with Gasteiger partial charge in [0.05, 0.1) is 0 Å². The molecule has 2 atom stereocenters. The van der Waals surface area contributed by atoms with E-state index in [1.807, 2.05) is 20.2 Å². The third-order valence-corrected chi connectivity index (χ3v) is 5.53. The summed E-state index contributed by atoms with van der Waals surface area (Å²) in [6.45, 7) is 0. The van der Waals surface area contributed by atoms with E-state index in [0.29, 0.717) is 5.92 Å². The number of carbonyl (C=O) groups is 1. The molecule has 0 spiro atoms. The van der Waals surface area contributed by atoms with Gasteiger partial charge in [-0.25, -0.2) is 0 Å². The van der Waals surface area contributed by atoms with Crippen LogP contribution in [0.5, 0.6) is 0 Å². The van der Waals surface area contributed by atoms with Crippen LogP contribution in [0, 0.1) is 11.8 Å². The molecule has 2 bridgehead atoms. The first kappa shape index (κ1) is 13.9. The van der Waals surface area contributed by atoms with Crippen molar-refractivity contribution in [2.24, 2.45) is 11.8 Å². The summed E-state index contributed by atoms with van der Waals surface area (Å²) in [5.41, 5.74) is 3.72. The van der Waals surface area contributed by atoms with Crippen molar-refractivity contribution in [2.45, 2.75) is 12.8 Å². The maximum atomic E-state index is 12.4. The van der Waals surface area contributed by atoms with Gasteiger partial charge in [0.1, 0.15) is 0 Å². The molecule has 4 rings (SSSR count). The predicted molar refractivity (Wildman–Crippen MR) is 90.4 cm³/mol. The molecule has 3 aliphatic rings. The van der Waals surface area contributed by atoms with Crippen LogP contribution in [0.1, 0.15) is 18.4 Å². The molecule has 20 heavy (non-hydrogen) atoms. The minimum Gasteiger partial charge on any atom is -0.345 e. The Morgan fingerprint density at radius 3 is 2.50 bits per heavy atom. The van der Waals surface area contributed by atoms with Crippen molar-refractivity contribution < 1.29 is 4.79 Å². The SMILES string of the molecule is CN(C)C(=O)C1=C(I)C2CCC1C=C2c1ccccc1. The number of allylic oxidation sites excluding steroid dienone is 3. The zero-order chi connectivity index (χ0) is 14.3. The van der Waals surface area contributed by atoms with Crippen LogP contribution < -0.4 is 0 Å². The molecule has 104 valence electrons. The van der Waals surface area contributed by atoms with Crippen LogP contribution in [-0.2, 0) is 4.79 Å². The first-order valence-corrected chi connectivity index (χ1v) is 8.06. The van der Waals surface area contributed by atoms with Gasteiger partial charge in [-0.3, -0.25) is 4.79 Å². The molecule has 0 radical (unpaired) electrons. The smallest absolute Gasteiger partial charge is 0.250 e. The van der Waals surface area contributed by atoms with Crippen LogP contribution in [0.4, 0.5) is 0 Å². The van der Waals surface area contributed by atoms with Crippen molar-refractivity contribution in [1.82, 2.24) is 4.90 Å². The molecule has 2 nitrogen and oxygen atoms in total. The number of halogens is 1. The molecule has 0 N–H and O–H groups in total. The third kappa shape index (κ3) is 2.22. The second-order valence-corrected chi connectivity index (χ2v) is 6.85. The van der Waals surface area contributed by atoms with Gasteiger partial charge in [-0.1, -0.05) is 36.4 Å². The quantitative estimate of drug-likeness (QED) is 0.715. The number of hydrogen-bond donors (Lipinski definition) is 0. The standard InChI is InChI=1S/C17H18INO/c1-19(2)17(20)15-12-8-9-13(16(15)18)14(10-12)11-6-4-3-5-7-11/h3-7,10,12-13H,8-9H2,1-2H3. The summed E-state index contributed by atoms with van der Waals surface area (Å²) in [7, 11) is 3.67. The number of amides is 1. The first-order chi connectivity index (χ1) is 9.59. The van der Waals surface area contributed by atoms with Crippen molar-refractivity contribution in [3.05, 3.63) is 51.1 Å². The van der Waals surface area contributed by atoms with Crippen LogP contribution in [0.2, 0.25) is 0 Å². The summed E-state index contributed by atoms with van der Waals surface area (Å²) >= 11 is 2.39. The average molecular weight is 379 g/mol. The number of rotatable bonds is 2.